The molecule has 5 rings (SSSR count). The predicted octanol–water partition coefficient (Wildman–Crippen LogP) is 4.32. The number of halogens is 1. The number of carbonyl (C=O) groups excluding carboxylic acids is 3. The molecule has 15 heteroatoms. The fourth-order valence-corrected chi connectivity index (χ4v) is 4.76. The summed E-state index contributed by atoms with van der Waals surface area (Å²) in [5, 5.41) is 29.4. The number of hydrogen-bond donors (Lipinski definition) is 4. The van der Waals surface area contributed by atoms with Gasteiger partial charge in [-0.15, -0.1) is 5.10 Å². The zero-order chi connectivity index (χ0) is 32.5. The van der Waals surface area contributed by atoms with Crippen molar-refractivity contribution in [2.75, 3.05) is 17.7 Å². The Bertz CT molecular complexity index is 1870. The van der Waals surface area contributed by atoms with Gasteiger partial charge in [0.15, 0.2) is 5.76 Å². The Morgan fingerprint density at radius 2 is 1.98 bits per heavy atom. The van der Waals surface area contributed by atoms with E-state index in [1.54, 1.807) is 42.5 Å². The maximum atomic E-state index is 13.3. The molecule has 0 aliphatic rings. The summed E-state index contributed by atoms with van der Waals surface area (Å²) >= 11 is 6.21. The number of aliphatic hydroxyl groups is 1. The van der Waals surface area contributed by atoms with E-state index in [9.17, 15) is 19.5 Å². The molecule has 3 aromatic carbocycles. The number of rotatable bonds is 12. The number of amides is 3. The van der Waals surface area contributed by atoms with Gasteiger partial charge < -0.3 is 24.9 Å². The van der Waals surface area contributed by atoms with E-state index < -0.39 is 18.0 Å². The van der Waals surface area contributed by atoms with Crippen LogP contribution in [0.15, 0.2) is 83.7 Å². The van der Waals surface area contributed by atoms with Gasteiger partial charge in [0, 0.05) is 34.3 Å². The average Bonchev–Trinajstić information content (AvgIpc) is 3.77. The molecule has 0 saturated heterocycles. The highest BCUT2D eigenvalue weighted by Crippen LogP contribution is 2.33. The number of anilines is 2. The zero-order valence-electron chi connectivity index (χ0n) is 24.3. The molecule has 2 heterocycles. The maximum absolute atomic E-state index is 13.3. The first-order valence-corrected chi connectivity index (χ1v) is 14.1. The van der Waals surface area contributed by atoms with Crippen LogP contribution in [0.3, 0.4) is 0 Å². The number of aromatic nitrogens is 5. The van der Waals surface area contributed by atoms with Crippen LogP contribution >= 0.6 is 11.6 Å². The van der Waals surface area contributed by atoms with Crippen LogP contribution in [-0.2, 0) is 27.4 Å². The number of hydrogen-bond acceptors (Lipinski definition) is 10. The Labute approximate surface area is 267 Å². The van der Waals surface area contributed by atoms with Crippen molar-refractivity contribution in [3.8, 4) is 17.0 Å². The van der Waals surface area contributed by atoms with Gasteiger partial charge in [-0.1, -0.05) is 35.9 Å². The smallest absolute Gasteiger partial charge is 0.411 e. The monoisotopic (exact) mass is 642 g/mol. The molecule has 0 fully saturated rings. The molecule has 0 aliphatic heterocycles. The van der Waals surface area contributed by atoms with Gasteiger partial charge in [0.25, 0.3) is 0 Å². The molecule has 234 valence electrons. The maximum Gasteiger partial charge on any atom is 0.411 e. The molecule has 2 aromatic heterocycles. The fourth-order valence-electron chi connectivity index (χ4n) is 4.58. The molecule has 0 bridgehead atoms. The van der Waals surface area contributed by atoms with Gasteiger partial charge in [-0.25, -0.2) is 9.78 Å². The van der Waals surface area contributed by atoms with Gasteiger partial charge >= 0.3 is 6.09 Å². The Morgan fingerprint density at radius 1 is 1.13 bits per heavy atom. The molecule has 3 amide bonds. The molecule has 1 unspecified atom stereocenters. The van der Waals surface area contributed by atoms with Crippen LogP contribution in [0.25, 0.3) is 23.1 Å². The minimum atomic E-state index is -0.735. The molecule has 1 atom stereocenters. The van der Waals surface area contributed by atoms with Crippen molar-refractivity contribution in [1.29, 1.82) is 0 Å². The van der Waals surface area contributed by atoms with Crippen LogP contribution < -0.4 is 16.0 Å². The SMILES string of the molecule is COC(=O)Nc1ccc(-c2cnc(C(Cc3cccc(CO)c3)NC(=O)/C=C/c3cc(Cl)ccc3-n3cnnn3)o2)c(NC=O)c1. The second-order valence-corrected chi connectivity index (χ2v) is 10.2. The number of benzene rings is 3. The molecule has 0 saturated carbocycles. The van der Waals surface area contributed by atoms with E-state index in [0.29, 0.717) is 50.9 Å². The third-order valence-corrected chi connectivity index (χ3v) is 6.92. The Hall–Kier alpha value is -5.86. The first kappa shape index (κ1) is 31.6. The van der Waals surface area contributed by atoms with Gasteiger partial charge in [-0.05, 0) is 64.0 Å². The number of oxazole rings is 1. The van der Waals surface area contributed by atoms with E-state index >= 15 is 0 Å². The van der Waals surface area contributed by atoms with E-state index in [-0.39, 0.29) is 18.9 Å². The minimum absolute atomic E-state index is 0.145. The lowest BCUT2D eigenvalue weighted by molar-refractivity contribution is -0.117. The molecular weight excluding hydrogens is 616 g/mol. The van der Waals surface area contributed by atoms with E-state index in [4.69, 9.17) is 16.0 Å². The highest BCUT2D eigenvalue weighted by atomic mass is 35.5. The fraction of sp³-hybridized carbons (Fsp3) is 0.129. The summed E-state index contributed by atoms with van der Waals surface area (Å²) in [6, 6.07) is 16.4. The number of nitrogens with zero attached hydrogens (tertiary/aromatic N) is 5. The number of aliphatic hydroxyl groups excluding tert-OH is 1. The van der Waals surface area contributed by atoms with E-state index in [1.165, 1.54) is 36.5 Å². The van der Waals surface area contributed by atoms with Crippen LogP contribution in [0, 0.1) is 0 Å². The Morgan fingerprint density at radius 3 is 2.74 bits per heavy atom. The molecule has 0 aliphatic carbocycles. The quantitative estimate of drug-likeness (QED) is 0.113. The average molecular weight is 643 g/mol. The third-order valence-electron chi connectivity index (χ3n) is 6.68. The van der Waals surface area contributed by atoms with E-state index in [2.05, 4.69) is 41.2 Å². The van der Waals surface area contributed by atoms with Crippen molar-refractivity contribution in [3.63, 3.8) is 0 Å². The van der Waals surface area contributed by atoms with Gasteiger partial charge in [0.1, 0.15) is 12.4 Å². The number of tetrazole rings is 1. The second-order valence-electron chi connectivity index (χ2n) is 9.74. The van der Waals surface area contributed by atoms with E-state index in [0.717, 1.165) is 5.56 Å². The number of carbonyl (C=O) groups is 3. The van der Waals surface area contributed by atoms with Crippen molar-refractivity contribution in [3.05, 3.63) is 107 Å². The summed E-state index contributed by atoms with van der Waals surface area (Å²) in [6.07, 6.45) is 5.93. The van der Waals surface area contributed by atoms with Crippen LogP contribution in [0.1, 0.15) is 28.6 Å². The minimum Gasteiger partial charge on any atom is -0.453 e. The van der Waals surface area contributed by atoms with E-state index in [1.807, 2.05) is 18.2 Å². The molecule has 4 N–H and O–H groups in total. The predicted molar refractivity (Wildman–Crippen MR) is 168 cm³/mol. The lowest BCUT2D eigenvalue weighted by atomic mass is 10.0. The van der Waals surface area contributed by atoms with Crippen LogP contribution in [-0.4, -0.2) is 55.8 Å². The first-order chi connectivity index (χ1) is 22.4. The number of nitrogens with one attached hydrogen (secondary N) is 3. The van der Waals surface area contributed by atoms with Crippen LogP contribution in [0.5, 0.6) is 0 Å². The zero-order valence-corrected chi connectivity index (χ0v) is 25.0. The van der Waals surface area contributed by atoms with Gasteiger partial charge in [0.05, 0.1) is 31.3 Å². The van der Waals surface area contributed by atoms with Gasteiger partial charge in [-0.3, -0.25) is 14.9 Å². The van der Waals surface area contributed by atoms with Gasteiger partial charge in [0.2, 0.25) is 18.2 Å². The number of ether oxygens (including phenoxy) is 1. The first-order valence-electron chi connectivity index (χ1n) is 13.7. The third kappa shape index (κ3) is 7.80. The molecule has 5 aromatic rings. The summed E-state index contributed by atoms with van der Waals surface area (Å²) in [4.78, 5) is 40.7. The lowest BCUT2D eigenvalue weighted by Crippen LogP contribution is -2.28. The Balaban J connectivity index is 1.44. The lowest BCUT2D eigenvalue weighted by Gasteiger charge is -2.16. The molecular formula is C31H27ClN8O6. The topological polar surface area (TPSA) is 186 Å². The summed E-state index contributed by atoms with van der Waals surface area (Å²) in [6.45, 7) is -0.145. The summed E-state index contributed by atoms with van der Waals surface area (Å²) < 4.78 is 12.2. The number of methoxy groups -OCH3 is 1. The van der Waals surface area contributed by atoms with Crippen molar-refractivity contribution < 1.29 is 28.6 Å². The second kappa shape index (κ2) is 14.7. The van der Waals surface area contributed by atoms with Crippen molar-refractivity contribution >= 4 is 47.5 Å². The molecule has 46 heavy (non-hydrogen) atoms. The Kier molecular flexibility index (Phi) is 10.1. The highest BCUT2D eigenvalue weighted by Gasteiger charge is 2.22. The van der Waals surface area contributed by atoms with Crippen molar-refractivity contribution in [1.82, 2.24) is 30.5 Å². The summed E-state index contributed by atoms with van der Waals surface area (Å²) in [5.41, 5.74) is 3.93. The molecule has 0 radical (unpaired) electrons. The van der Waals surface area contributed by atoms with Crippen LogP contribution in [0.2, 0.25) is 5.02 Å². The van der Waals surface area contributed by atoms with Crippen molar-refractivity contribution in [2.24, 2.45) is 0 Å². The summed E-state index contributed by atoms with van der Waals surface area (Å²) in [7, 11) is 1.24. The largest absolute Gasteiger partial charge is 0.453 e. The highest BCUT2D eigenvalue weighted by molar-refractivity contribution is 6.30. The van der Waals surface area contributed by atoms with Crippen molar-refractivity contribution in [2.45, 2.75) is 19.1 Å². The van der Waals surface area contributed by atoms with Gasteiger partial charge in [-0.2, -0.15) is 4.68 Å². The normalized spacial score (nSPS) is 11.6. The molecule has 0 spiro atoms. The standard InChI is InChI=1S/C31H27ClN8O6/c1-45-31(44)36-23-7-8-24(25(14-23)34-18-42)28-15-33-30(46-28)26(12-19-3-2-4-20(11-19)16-41)37-29(43)10-5-21-13-22(32)6-9-27(21)40-17-35-38-39-40/h2-11,13-15,17-18,26,41H,12,16H2,1H3,(H,34,42)(H,36,44)(H,37,43)/b10-5+. The van der Waals surface area contributed by atoms with Crippen LogP contribution in [0.4, 0.5) is 16.2 Å². The summed E-state index contributed by atoms with van der Waals surface area (Å²) in [5.74, 6) is 0.0391. The molecule has 14 nitrogen and oxygen atoms in total.